The molecule has 0 aromatic heterocycles. The summed E-state index contributed by atoms with van der Waals surface area (Å²) in [5.41, 5.74) is -0.111. The van der Waals surface area contributed by atoms with E-state index in [1.54, 1.807) is 0 Å². The molecule has 1 aliphatic heterocycles. The van der Waals surface area contributed by atoms with Crippen molar-refractivity contribution in [1.82, 2.24) is 0 Å². The monoisotopic (exact) mass is 234 g/mol. The first-order chi connectivity index (χ1) is 6.85. The minimum absolute atomic E-state index is 0.111. The fourth-order valence-corrected chi connectivity index (χ4v) is 3.55. The summed E-state index contributed by atoms with van der Waals surface area (Å²) < 4.78 is 28.4. The zero-order valence-corrected chi connectivity index (χ0v) is 10.8. The molecule has 0 N–H and O–H groups in total. The van der Waals surface area contributed by atoms with Gasteiger partial charge in [0.25, 0.3) is 0 Å². The number of rotatable bonds is 4. The van der Waals surface area contributed by atoms with Gasteiger partial charge in [0.05, 0.1) is 23.2 Å². The molecule has 0 radical (unpaired) electrons. The Morgan fingerprint density at radius 2 is 1.80 bits per heavy atom. The van der Waals surface area contributed by atoms with E-state index < -0.39 is 9.84 Å². The molecule has 4 heteroatoms. The third-order valence-corrected chi connectivity index (χ3v) is 4.55. The average Bonchev–Trinajstić information content (AvgIpc) is 2.08. The van der Waals surface area contributed by atoms with Gasteiger partial charge in [0, 0.05) is 0 Å². The summed E-state index contributed by atoms with van der Waals surface area (Å²) in [7, 11) is -2.76. The molecular formula is C11H22O3S. The quantitative estimate of drug-likeness (QED) is 0.748. The van der Waals surface area contributed by atoms with Crippen LogP contribution in [0.15, 0.2) is 0 Å². The van der Waals surface area contributed by atoms with Crippen LogP contribution >= 0.6 is 0 Å². The van der Waals surface area contributed by atoms with Crippen molar-refractivity contribution in [3.8, 4) is 0 Å². The predicted octanol–water partition coefficient (Wildman–Crippen LogP) is 2.16. The number of hydrogen-bond donors (Lipinski definition) is 0. The van der Waals surface area contributed by atoms with Crippen LogP contribution in [0.1, 0.15) is 46.5 Å². The molecule has 15 heavy (non-hydrogen) atoms. The fraction of sp³-hybridized carbons (Fsp3) is 1.00. The second-order valence-corrected chi connectivity index (χ2v) is 7.28. The summed E-state index contributed by atoms with van der Waals surface area (Å²) in [5.74, 6) is 0.583. The minimum Gasteiger partial charge on any atom is -0.372 e. The summed E-state index contributed by atoms with van der Waals surface area (Å²) >= 11 is 0. The van der Waals surface area contributed by atoms with Crippen molar-refractivity contribution in [2.24, 2.45) is 0 Å². The van der Waals surface area contributed by atoms with Gasteiger partial charge in [0.1, 0.15) is 0 Å². The Balaban J connectivity index is 2.42. The highest BCUT2D eigenvalue weighted by Gasteiger charge is 2.28. The van der Waals surface area contributed by atoms with Crippen molar-refractivity contribution in [1.29, 1.82) is 0 Å². The van der Waals surface area contributed by atoms with E-state index in [-0.39, 0.29) is 11.7 Å². The van der Waals surface area contributed by atoms with E-state index in [2.05, 4.69) is 20.8 Å². The first kappa shape index (κ1) is 13.0. The predicted molar refractivity (Wildman–Crippen MR) is 61.7 cm³/mol. The molecule has 0 spiro atoms. The normalized spacial score (nSPS) is 22.9. The van der Waals surface area contributed by atoms with Gasteiger partial charge in [-0.05, 0) is 33.1 Å². The van der Waals surface area contributed by atoms with Crippen LogP contribution in [-0.2, 0) is 14.6 Å². The van der Waals surface area contributed by atoms with Crippen molar-refractivity contribution >= 4 is 9.84 Å². The van der Waals surface area contributed by atoms with Gasteiger partial charge in [0.2, 0.25) is 0 Å². The molecule has 1 fully saturated rings. The van der Waals surface area contributed by atoms with Crippen LogP contribution in [-0.4, -0.2) is 31.6 Å². The lowest BCUT2D eigenvalue weighted by atomic mass is 10.0. The van der Waals surface area contributed by atoms with Crippen molar-refractivity contribution in [2.75, 3.05) is 11.5 Å². The smallest absolute Gasteiger partial charge is 0.150 e. The van der Waals surface area contributed by atoms with Gasteiger partial charge in [0.15, 0.2) is 9.84 Å². The van der Waals surface area contributed by atoms with E-state index in [1.165, 1.54) is 0 Å². The third kappa shape index (κ3) is 4.51. The Morgan fingerprint density at radius 1 is 1.27 bits per heavy atom. The maximum atomic E-state index is 11.2. The molecule has 0 saturated carbocycles. The highest BCUT2D eigenvalue weighted by Crippen LogP contribution is 2.24. The fourth-order valence-electron chi connectivity index (χ4n) is 2.10. The van der Waals surface area contributed by atoms with Crippen LogP contribution in [0.5, 0.6) is 0 Å². The Bertz CT molecular complexity index is 279. The Kier molecular flexibility index (Phi) is 4.18. The van der Waals surface area contributed by atoms with E-state index in [1.807, 2.05) is 0 Å². The molecule has 3 nitrogen and oxygen atoms in total. The van der Waals surface area contributed by atoms with Crippen LogP contribution < -0.4 is 0 Å². The van der Waals surface area contributed by atoms with Gasteiger partial charge in [-0.25, -0.2) is 8.42 Å². The molecule has 1 heterocycles. The van der Waals surface area contributed by atoms with Crippen LogP contribution in [0.3, 0.4) is 0 Å². The van der Waals surface area contributed by atoms with Gasteiger partial charge in [-0.3, -0.25) is 0 Å². The molecule has 0 aromatic carbocycles. The Hall–Kier alpha value is -0.0900. The van der Waals surface area contributed by atoms with E-state index in [4.69, 9.17) is 4.74 Å². The molecule has 0 atom stereocenters. The van der Waals surface area contributed by atoms with Crippen LogP contribution in [0.4, 0.5) is 0 Å². The Morgan fingerprint density at radius 3 is 2.27 bits per heavy atom. The van der Waals surface area contributed by atoms with E-state index in [0.29, 0.717) is 24.3 Å². The van der Waals surface area contributed by atoms with Crippen molar-refractivity contribution in [2.45, 2.75) is 58.2 Å². The summed E-state index contributed by atoms with van der Waals surface area (Å²) in [6.45, 7) is 6.30. The molecular weight excluding hydrogens is 212 g/mol. The van der Waals surface area contributed by atoms with Gasteiger partial charge < -0.3 is 4.74 Å². The minimum atomic E-state index is -2.76. The molecule has 0 amide bonds. The van der Waals surface area contributed by atoms with Gasteiger partial charge in [-0.2, -0.15) is 0 Å². The molecule has 0 aromatic rings. The standard InChI is InChI=1S/C11H22O3S/c1-4-7-11(2,3)14-10-5-8-15(12,13)9-6-10/h10H,4-9H2,1-3H3. The SMILES string of the molecule is CCCC(C)(C)OC1CCS(=O)(=O)CC1. The van der Waals surface area contributed by atoms with Gasteiger partial charge in [-0.15, -0.1) is 0 Å². The van der Waals surface area contributed by atoms with Crippen molar-refractivity contribution in [3.63, 3.8) is 0 Å². The molecule has 90 valence electrons. The zero-order chi connectivity index (χ0) is 11.5. The summed E-state index contributed by atoms with van der Waals surface area (Å²) in [4.78, 5) is 0. The zero-order valence-electron chi connectivity index (χ0n) is 9.95. The Labute approximate surface area is 93.1 Å². The maximum absolute atomic E-state index is 11.2. The third-order valence-electron chi connectivity index (χ3n) is 2.84. The maximum Gasteiger partial charge on any atom is 0.150 e. The lowest BCUT2D eigenvalue weighted by molar-refractivity contribution is -0.0791. The van der Waals surface area contributed by atoms with E-state index in [0.717, 1.165) is 12.8 Å². The second-order valence-electron chi connectivity index (χ2n) is 4.98. The number of sulfone groups is 1. The lowest BCUT2D eigenvalue weighted by Gasteiger charge is -2.32. The number of ether oxygens (including phenoxy) is 1. The summed E-state index contributed by atoms with van der Waals surface area (Å²) in [6.07, 6.45) is 3.58. The molecule has 1 rings (SSSR count). The van der Waals surface area contributed by atoms with E-state index >= 15 is 0 Å². The molecule has 0 aliphatic carbocycles. The second kappa shape index (κ2) is 4.83. The highest BCUT2D eigenvalue weighted by molar-refractivity contribution is 7.91. The molecule has 1 saturated heterocycles. The molecule has 0 bridgehead atoms. The average molecular weight is 234 g/mol. The van der Waals surface area contributed by atoms with Crippen LogP contribution in [0, 0.1) is 0 Å². The molecule has 1 aliphatic rings. The molecule has 0 unspecified atom stereocenters. The number of hydrogen-bond acceptors (Lipinski definition) is 3. The lowest BCUT2D eigenvalue weighted by Crippen LogP contribution is -2.36. The summed E-state index contributed by atoms with van der Waals surface area (Å²) in [5, 5.41) is 0. The van der Waals surface area contributed by atoms with Crippen molar-refractivity contribution < 1.29 is 13.2 Å². The first-order valence-corrected chi connectivity index (χ1v) is 7.55. The van der Waals surface area contributed by atoms with Crippen LogP contribution in [0.25, 0.3) is 0 Å². The van der Waals surface area contributed by atoms with Gasteiger partial charge >= 0.3 is 0 Å². The largest absolute Gasteiger partial charge is 0.372 e. The van der Waals surface area contributed by atoms with Gasteiger partial charge in [-0.1, -0.05) is 13.3 Å². The summed E-state index contributed by atoms with van der Waals surface area (Å²) in [6, 6.07) is 0. The van der Waals surface area contributed by atoms with Crippen molar-refractivity contribution in [3.05, 3.63) is 0 Å². The van der Waals surface area contributed by atoms with E-state index in [9.17, 15) is 8.42 Å². The van der Waals surface area contributed by atoms with Crippen LogP contribution in [0.2, 0.25) is 0 Å². The topological polar surface area (TPSA) is 43.4 Å². The highest BCUT2D eigenvalue weighted by atomic mass is 32.2. The first-order valence-electron chi connectivity index (χ1n) is 5.73.